The number of benzene rings is 3. The SMILES string of the molecule is COc1cc(C(=O)Nc2ccccc2C(=O)N[C@H](C)c2ccccc2)cc(OC)c1OC. The first-order chi connectivity index (χ1) is 15.5. The van der Waals surface area contributed by atoms with Gasteiger partial charge in [0.2, 0.25) is 5.75 Å². The Morgan fingerprint density at radius 2 is 1.38 bits per heavy atom. The van der Waals surface area contributed by atoms with E-state index < -0.39 is 5.91 Å². The fourth-order valence-electron chi connectivity index (χ4n) is 3.30. The van der Waals surface area contributed by atoms with Gasteiger partial charge < -0.3 is 24.8 Å². The van der Waals surface area contributed by atoms with Gasteiger partial charge in [0.15, 0.2) is 11.5 Å². The molecule has 0 fully saturated rings. The summed E-state index contributed by atoms with van der Waals surface area (Å²) in [5, 5.41) is 5.78. The molecule has 1 atom stereocenters. The maximum absolute atomic E-state index is 13.0. The van der Waals surface area contributed by atoms with E-state index in [1.165, 1.54) is 21.3 Å². The lowest BCUT2D eigenvalue weighted by molar-refractivity contribution is 0.0940. The molecule has 0 heterocycles. The highest BCUT2D eigenvalue weighted by Crippen LogP contribution is 2.38. The summed E-state index contributed by atoms with van der Waals surface area (Å²) in [5.41, 5.74) is 2.03. The topological polar surface area (TPSA) is 85.9 Å². The van der Waals surface area contributed by atoms with Crippen molar-refractivity contribution in [3.05, 3.63) is 83.4 Å². The summed E-state index contributed by atoms with van der Waals surface area (Å²) in [6.45, 7) is 1.91. The molecule has 0 spiro atoms. The molecule has 0 aliphatic rings. The molecule has 0 aliphatic heterocycles. The van der Waals surface area contributed by atoms with Crippen LogP contribution < -0.4 is 24.8 Å². The van der Waals surface area contributed by atoms with E-state index in [1.807, 2.05) is 37.3 Å². The zero-order chi connectivity index (χ0) is 23.1. The Kier molecular flexibility index (Phi) is 7.33. The van der Waals surface area contributed by atoms with Crippen LogP contribution in [0.4, 0.5) is 5.69 Å². The van der Waals surface area contributed by atoms with Crippen molar-refractivity contribution in [2.75, 3.05) is 26.6 Å². The van der Waals surface area contributed by atoms with Crippen LogP contribution >= 0.6 is 0 Å². The molecule has 0 aliphatic carbocycles. The van der Waals surface area contributed by atoms with Crippen molar-refractivity contribution in [1.29, 1.82) is 0 Å². The number of hydrogen-bond donors (Lipinski definition) is 2. The Morgan fingerprint density at radius 1 is 0.781 bits per heavy atom. The quantitative estimate of drug-likeness (QED) is 0.547. The summed E-state index contributed by atoms with van der Waals surface area (Å²) in [7, 11) is 4.45. The third-order valence-electron chi connectivity index (χ3n) is 4.99. The van der Waals surface area contributed by atoms with E-state index in [2.05, 4.69) is 10.6 Å². The normalized spacial score (nSPS) is 11.2. The van der Waals surface area contributed by atoms with Gasteiger partial charge in [-0.1, -0.05) is 42.5 Å². The van der Waals surface area contributed by atoms with E-state index in [-0.39, 0.29) is 11.9 Å². The van der Waals surface area contributed by atoms with Crippen LogP contribution in [0.3, 0.4) is 0 Å². The summed E-state index contributed by atoms with van der Waals surface area (Å²) in [6, 6.07) is 19.4. The fraction of sp³-hybridized carbons (Fsp3) is 0.200. The maximum Gasteiger partial charge on any atom is 0.255 e. The number of para-hydroxylation sites is 1. The van der Waals surface area contributed by atoms with Gasteiger partial charge >= 0.3 is 0 Å². The molecular weight excluding hydrogens is 408 g/mol. The van der Waals surface area contributed by atoms with Gasteiger partial charge in [-0.15, -0.1) is 0 Å². The number of carbonyl (C=O) groups excluding carboxylic acids is 2. The molecule has 0 radical (unpaired) electrons. The van der Waals surface area contributed by atoms with E-state index in [1.54, 1.807) is 36.4 Å². The Labute approximate surface area is 187 Å². The Hall–Kier alpha value is -4.00. The zero-order valence-corrected chi connectivity index (χ0v) is 18.5. The van der Waals surface area contributed by atoms with E-state index in [0.29, 0.717) is 34.1 Å². The highest BCUT2D eigenvalue weighted by molar-refractivity contribution is 6.09. The molecule has 0 aromatic heterocycles. The minimum absolute atomic E-state index is 0.192. The Bertz CT molecular complexity index is 1070. The van der Waals surface area contributed by atoms with Gasteiger partial charge in [-0.2, -0.15) is 0 Å². The average Bonchev–Trinajstić information content (AvgIpc) is 2.83. The fourth-order valence-corrected chi connectivity index (χ4v) is 3.30. The molecule has 3 aromatic rings. The summed E-state index contributed by atoms with van der Waals surface area (Å²) in [5.74, 6) is 0.406. The Morgan fingerprint density at radius 3 is 1.97 bits per heavy atom. The first-order valence-electron chi connectivity index (χ1n) is 10.0. The highest BCUT2D eigenvalue weighted by Gasteiger charge is 2.20. The molecule has 2 amide bonds. The van der Waals surface area contributed by atoms with E-state index in [4.69, 9.17) is 14.2 Å². The molecule has 7 heteroatoms. The van der Waals surface area contributed by atoms with Crippen LogP contribution in [0.15, 0.2) is 66.7 Å². The lowest BCUT2D eigenvalue weighted by atomic mass is 10.1. The smallest absolute Gasteiger partial charge is 0.255 e. The van der Waals surface area contributed by atoms with Crippen LogP contribution in [0.25, 0.3) is 0 Å². The summed E-state index contributed by atoms with van der Waals surface area (Å²) >= 11 is 0. The molecule has 7 nitrogen and oxygen atoms in total. The van der Waals surface area contributed by atoms with Crippen LogP contribution in [0, 0.1) is 0 Å². The third kappa shape index (κ3) is 5.00. The van der Waals surface area contributed by atoms with E-state index in [0.717, 1.165) is 5.56 Å². The first-order valence-corrected chi connectivity index (χ1v) is 10.0. The number of rotatable bonds is 8. The van der Waals surface area contributed by atoms with Crippen LogP contribution in [0.5, 0.6) is 17.2 Å². The molecule has 0 bridgehead atoms. The summed E-state index contributed by atoms with van der Waals surface area (Å²) in [4.78, 5) is 25.9. The first kappa shape index (κ1) is 22.7. The number of methoxy groups -OCH3 is 3. The predicted octanol–water partition coefficient (Wildman–Crippen LogP) is 4.46. The molecule has 0 unspecified atom stereocenters. The number of carbonyl (C=O) groups is 2. The molecule has 3 rings (SSSR count). The van der Waals surface area contributed by atoms with Crippen LogP contribution in [-0.4, -0.2) is 33.1 Å². The van der Waals surface area contributed by atoms with Gasteiger partial charge in [0.1, 0.15) is 0 Å². The second-order valence-corrected chi connectivity index (χ2v) is 7.02. The van der Waals surface area contributed by atoms with Crippen molar-refractivity contribution in [3.8, 4) is 17.2 Å². The highest BCUT2D eigenvalue weighted by atomic mass is 16.5. The molecule has 166 valence electrons. The standard InChI is InChI=1S/C25H26N2O5/c1-16(17-10-6-5-7-11-17)26-25(29)19-12-8-9-13-20(19)27-24(28)18-14-21(30-2)23(32-4)22(15-18)31-3/h5-16H,1-4H3,(H,26,29)(H,27,28)/t16-/m1/s1. The van der Waals surface area contributed by atoms with Crippen molar-refractivity contribution in [2.45, 2.75) is 13.0 Å². The lowest BCUT2D eigenvalue weighted by Gasteiger charge is -2.17. The molecular formula is C25H26N2O5. The van der Waals surface area contributed by atoms with Crippen LogP contribution in [0.2, 0.25) is 0 Å². The molecule has 0 saturated carbocycles. The molecule has 0 saturated heterocycles. The molecule has 2 N–H and O–H groups in total. The number of amides is 2. The number of ether oxygens (including phenoxy) is 3. The minimum Gasteiger partial charge on any atom is -0.493 e. The van der Waals surface area contributed by atoms with Crippen molar-refractivity contribution in [3.63, 3.8) is 0 Å². The van der Waals surface area contributed by atoms with Crippen molar-refractivity contribution < 1.29 is 23.8 Å². The van der Waals surface area contributed by atoms with Gasteiger partial charge in [-0.3, -0.25) is 9.59 Å². The number of nitrogens with one attached hydrogen (secondary N) is 2. The van der Waals surface area contributed by atoms with Gasteiger partial charge in [0.25, 0.3) is 11.8 Å². The summed E-state index contributed by atoms with van der Waals surface area (Å²) in [6.07, 6.45) is 0. The van der Waals surface area contributed by atoms with Gasteiger partial charge in [0, 0.05) is 5.56 Å². The zero-order valence-electron chi connectivity index (χ0n) is 18.5. The monoisotopic (exact) mass is 434 g/mol. The largest absolute Gasteiger partial charge is 0.493 e. The van der Waals surface area contributed by atoms with Crippen molar-refractivity contribution in [1.82, 2.24) is 5.32 Å². The second-order valence-electron chi connectivity index (χ2n) is 7.02. The van der Waals surface area contributed by atoms with Crippen LogP contribution in [0.1, 0.15) is 39.2 Å². The third-order valence-corrected chi connectivity index (χ3v) is 4.99. The number of anilines is 1. The average molecular weight is 434 g/mol. The lowest BCUT2D eigenvalue weighted by Crippen LogP contribution is -2.28. The number of hydrogen-bond acceptors (Lipinski definition) is 5. The van der Waals surface area contributed by atoms with Crippen molar-refractivity contribution in [2.24, 2.45) is 0 Å². The molecule has 3 aromatic carbocycles. The summed E-state index contributed by atoms with van der Waals surface area (Å²) < 4.78 is 15.9. The van der Waals surface area contributed by atoms with Crippen molar-refractivity contribution >= 4 is 17.5 Å². The van der Waals surface area contributed by atoms with Gasteiger partial charge in [-0.25, -0.2) is 0 Å². The predicted molar refractivity (Wildman–Crippen MR) is 123 cm³/mol. The Balaban J connectivity index is 1.83. The van der Waals surface area contributed by atoms with Crippen LogP contribution in [-0.2, 0) is 0 Å². The molecule has 32 heavy (non-hydrogen) atoms. The second kappa shape index (κ2) is 10.3. The van der Waals surface area contributed by atoms with E-state index in [9.17, 15) is 9.59 Å². The van der Waals surface area contributed by atoms with Gasteiger partial charge in [0.05, 0.1) is 38.6 Å². The van der Waals surface area contributed by atoms with E-state index >= 15 is 0 Å². The maximum atomic E-state index is 13.0. The minimum atomic E-state index is -0.416. The van der Waals surface area contributed by atoms with Gasteiger partial charge in [-0.05, 0) is 36.8 Å².